The largest absolute Gasteiger partial charge is 0.497 e. The number of carboxylic acid groups (broad SMARTS) is 1. The molecule has 6 heteroatoms. The summed E-state index contributed by atoms with van der Waals surface area (Å²) in [7, 11) is 3.52. The van der Waals surface area contributed by atoms with Crippen LogP contribution in [0.4, 0.5) is 0 Å². The number of carbonyl (C=O) groups is 2. The second kappa shape index (κ2) is 8.95. The minimum atomic E-state index is -0.802. The van der Waals surface area contributed by atoms with E-state index in [0.29, 0.717) is 6.54 Å². The van der Waals surface area contributed by atoms with E-state index in [2.05, 4.69) is 0 Å². The monoisotopic (exact) mass is 388 g/mol. The molecule has 1 aromatic carbocycles. The Morgan fingerprint density at radius 3 is 2.43 bits per heavy atom. The molecule has 2 fully saturated rings. The Morgan fingerprint density at radius 1 is 1.14 bits per heavy atom. The van der Waals surface area contributed by atoms with Crippen LogP contribution >= 0.6 is 0 Å². The van der Waals surface area contributed by atoms with Crippen LogP contribution in [-0.4, -0.2) is 66.6 Å². The molecule has 0 spiro atoms. The summed E-state index contributed by atoms with van der Waals surface area (Å²) in [4.78, 5) is 28.6. The van der Waals surface area contributed by atoms with Crippen LogP contribution in [0.2, 0.25) is 0 Å². The predicted molar refractivity (Wildman–Crippen MR) is 108 cm³/mol. The van der Waals surface area contributed by atoms with Gasteiger partial charge in [-0.15, -0.1) is 0 Å². The van der Waals surface area contributed by atoms with E-state index in [1.54, 1.807) is 7.11 Å². The molecular weight excluding hydrogens is 356 g/mol. The number of methoxy groups -OCH3 is 1. The van der Waals surface area contributed by atoms with Gasteiger partial charge in [-0.25, -0.2) is 0 Å². The van der Waals surface area contributed by atoms with Crippen LogP contribution in [-0.2, 0) is 15.0 Å². The van der Waals surface area contributed by atoms with Crippen LogP contribution in [0.15, 0.2) is 24.3 Å². The topological polar surface area (TPSA) is 70.1 Å². The molecule has 0 radical (unpaired) electrons. The zero-order valence-electron chi connectivity index (χ0n) is 17.0. The molecule has 1 amide bonds. The van der Waals surface area contributed by atoms with Gasteiger partial charge in [0, 0.05) is 19.1 Å². The predicted octanol–water partition coefficient (Wildman–Crippen LogP) is 2.90. The maximum atomic E-state index is 13.7. The number of carboxylic acids is 1. The SMILES string of the molecule is COc1ccc(C2(C(=O)N3CCCC(N(C)CC(=O)O)CC3)CCCC2)cc1. The molecule has 3 rings (SSSR count). The molecule has 154 valence electrons. The smallest absolute Gasteiger partial charge is 0.317 e. The minimum Gasteiger partial charge on any atom is -0.497 e. The number of hydrogen-bond acceptors (Lipinski definition) is 4. The van der Waals surface area contributed by atoms with Crippen molar-refractivity contribution in [2.24, 2.45) is 0 Å². The van der Waals surface area contributed by atoms with E-state index in [4.69, 9.17) is 9.84 Å². The summed E-state index contributed by atoms with van der Waals surface area (Å²) in [5.74, 6) is 0.254. The summed E-state index contributed by atoms with van der Waals surface area (Å²) in [6.07, 6.45) is 6.63. The van der Waals surface area contributed by atoms with E-state index in [1.165, 1.54) is 0 Å². The Hall–Kier alpha value is -2.08. The van der Waals surface area contributed by atoms with Crippen molar-refractivity contribution in [1.29, 1.82) is 0 Å². The van der Waals surface area contributed by atoms with E-state index in [0.717, 1.165) is 62.8 Å². The molecule has 1 aliphatic carbocycles. The molecule has 2 aliphatic rings. The summed E-state index contributed by atoms with van der Waals surface area (Å²) in [5.41, 5.74) is 0.679. The van der Waals surface area contributed by atoms with Crippen LogP contribution in [0.3, 0.4) is 0 Å². The van der Waals surface area contributed by atoms with Gasteiger partial charge >= 0.3 is 5.97 Å². The number of likely N-dealkylation sites (tertiary alicyclic amines) is 1. The van der Waals surface area contributed by atoms with Crippen molar-refractivity contribution in [1.82, 2.24) is 9.80 Å². The minimum absolute atomic E-state index is 0.0500. The number of amides is 1. The van der Waals surface area contributed by atoms with E-state index in [1.807, 2.05) is 41.1 Å². The van der Waals surface area contributed by atoms with Crippen molar-refractivity contribution in [2.45, 2.75) is 56.4 Å². The third kappa shape index (κ3) is 4.32. The summed E-state index contributed by atoms with van der Waals surface area (Å²) in [6, 6.07) is 8.20. The van der Waals surface area contributed by atoms with Gasteiger partial charge in [0.2, 0.25) is 5.91 Å². The normalized spacial score (nSPS) is 22.1. The lowest BCUT2D eigenvalue weighted by Gasteiger charge is -2.35. The zero-order chi connectivity index (χ0) is 20.1. The third-order valence-corrected chi connectivity index (χ3v) is 6.50. The highest BCUT2D eigenvalue weighted by atomic mass is 16.5. The van der Waals surface area contributed by atoms with Crippen molar-refractivity contribution in [3.05, 3.63) is 29.8 Å². The van der Waals surface area contributed by atoms with E-state index in [9.17, 15) is 9.59 Å². The fourth-order valence-corrected chi connectivity index (χ4v) is 4.88. The molecule has 28 heavy (non-hydrogen) atoms. The van der Waals surface area contributed by atoms with Gasteiger partial charge in [-0.05, 0) is 56.8 Å². The summed E-state index contributed by atoms with van der Waals surface area (Å²) in [6.45, 7) is 1.51. The Balaban J connectivity index is 1.74. The van der Waals surface area contributed by atoms with Gasteiger partial charge in [0.15, 0.2) is 0 Å². The van der Waals surface area contributed by atoms with Crippen molar-refractivity contribution in [3.8, 4) is 5.75 Å². The standard InChI is InChI=1S/C22H32N2O4/c1-23(16-20(25)26)18-6-5-14-24(15-11-18)21(27)22(12-3-4-13-22)17-7-9-19(28-2)10-8-17/h7-10,18H,3-6,11-16H2,1-2H3,(H,25,26). The van der Waals surface area contributed by atoms with Crippen LogP contribution in [0.25, 0.3) is 0 Å². The molecule has 0 bridgehead atoms. The Bertz CT molecular complexity index is 682. The van der Waals surface area contributed by atoms with E-state index >= 15 is 0 Å². The zero-order valence-corrected chi connectivity index (χ0v) is 17.0. The van der Waals surface area contributed by atoms with E-state index < -0.39 is 11.4 Å². The third-order valence-electron chi connectivity index (χ3n) is 6.50. The van der Waals surface area contributed by atoms with Crippen LogP contribution in [0.1, 0.15) is 50.5 Å². The summed E-state index contributed by atoms with van der Waals surface area (Å²) < 4.78 is 5.28. The first-order valence-corrected chi connectivity index (χ1v) is 10.3. The highest BCUT2D eigenvalue weighted by molar-refractivity contribution is 5.88. The number of benzene rings is 1. The van der Waals surface area contributed by atoms with Gasteiger partial charge in [-0.1, -0.05) is 25.0 Å². The summed E-state index contributed by atoms with van der Waals surface area (Å²) in [5, 5.41) is 9.05. The highest BCUT2D eigenvalue weighted by Gasteiger charge is 2.45. The first kappa shape index (κ1) is 20.6. The molecule has 1 saturated heterocycles. The molecular formula is C22H32N2O4. The van der Waals surface area contributed by atoms with Gasteiger partial charge in [0.1, 0.15) is 5.75 Å². The first-order valence-electron chi connectivity index (χ1n) is 10.3. The lowest BCUT2D eigenvalue weighted by Crippen LogP contribution is -2.46. The Morgan fingerprint density at radius 2 is 1.82 bits per heavy atom. The highest BCUT2D eigenvalue weighted by Crippen LogP contribution is 2.43. The fourth-order valence-electron chi connectivity index (χ4n) is 4.88. The quantitative estimate of drug-likeness (QED) is 0.811. The molecule has 1 atom stereocenters. The number of hydrogen-bond donors (Lipinski definition) is 1. The molecule has 6 nitrogen and oxygen atoms in total. The average molecular weight is 389 g/mol. The average Bonchev–Trinajstić information content (AvgIpc) is 3.06. The Labute approximate surface area is 167 Å². The molecule has 1 aromatic rings. The fraction of sp³-hybridized carbons (Fsp3) is 0.636. The summed E-state index contributed by atoms with van der Waals surface area (Å²) >= 11 is 0. The first-order chi connectivity index (χ1) is 13.5. The maximum absolute atomic E-state index is 13.7. The van der Waals surface area contributed by atoms with Crippen molar-refractivity contribution in [3.63, 3.8) is 0 Å². The number of nitrogens with zero attached hydrogens (tertiary/aromatic N) is 2. The molecule has 1 unspecified atom stereocenters. The second-order valence-electron chi connectivity index (χ2n) is 8.20. The second-order valence-corrected chi connectivity index (χ2v) is 8.20. The number of rotatable bonds is 6. The number of ether oxygens (including phenoxy) is 1. The van der Waals surface area contributed by atoms with Gasteiger partial charge in [-0.3, -0.25) is 14.5 Å². The van der Waals surface area contributed by atoms with Gasteiger partial charge in [0.05, 0.1) is 19.1 Å². The number of aliphatic carboxylic acids is 1. The number of carbonyl (C=O) groups excluding carboxylic acids is 1. The Kier molecular flexibility index (Phi) is 6.60. The maximum Gasteiger partial charge on any atom is 0.317 e. The van der Waals surface area contributed by atoms with Crippen molar-refractivity contribution < 1.29 is 19.4 Å². The van der Waals surface area contributed by atoms with Gasteiger partial charge in [-0.2, -0.15) is 0 Å². The number of likely N-dealkylation sites (N-methyl/N-ethyl adjacent to an activating group) is 1. The molecule has 1 saturated carbocycles. The van der Waals surface area contributed by atoms with Crippen molar-refractivity contribution in [2.75, 3.05) is 33.8 Å². The van der Waals surface area contributed by atoms with Crippen LogP contribution < -0.4 is 4.74 Å². The molecule has 1 N–H and O–H groups in total. The van der Waals surface area contributed by atoms with Gasteiger partial charge < -0.3 is 14.7 Å². The molecule has 1 heterocycles. The van der Waals surface area contributed by atoms with Gasteiger partial charge in [0.25, 0.3) is 0 Å². The van der Waals surface area contributed by atoms with E-state index in [-0.39, 0.29) is 18.5 Å². The molecule has 1 aliphatic heterocycles. The molecule has 0 aromatic heterocycles. The lowest BCUT2D eigenvalue weighted by molar-refractivity contribution is -0.139. The lowest BCUT2D eigenvalue weighted by atomic mass is 9.77. The van der Waals surface area contributed by atoms with Crippen molar-refractivity contribution >= 4 is 11.9 Å². The van der Waals surface area contributed by atoms with Crippen LogP contribution in [0.5, 0.6) is 5.75 Å². The van der Waals surface area contributed by atoms with Crippen LogP contribution in [0, 0.1) is 0 Å².